The molecule has 1 aromatic rings. The van der Waals surface area contributed by atoms with Crippen molar-refractivity contribution in [3.63, 3.8) is 0 Å². The summed E-state index contributed by atoms with van der Waals surface area (Å²) in [4.78, 5) is 12.2. The minimum absolute atomic E-state index is 0.115. The number of nitriles is 1. The molecule has 1 aliphatic carbocycles. The maximum absolute atomic E-state index is 12.2. The normalized spacial score (nSPS) is 15.7. The van der Waals surface area contributed by atoms with Gasteiger partial charge in [0, 0.05) is 6.04 Å². The highest BCUT2D eigenvalue weighted by atomic mass is 32.2. The molecule has 0 spiro atoms. The first kappa shape index (κ1) is 17.3. The molecule has 1 aliphatic rings. The van der Waals surface area contributed by atoms with Gasteiger partial charge < -0.3 is 5.32 Å². The Morgan fingerprint density at radius 2 is 1.96 bits per heavy atom. The molecule has 1 saturated carbocycles. The highest BCUT2D eigenvalue weighted by Gasteiger charge is 2.24. The summed E-state index contributed by atoms with van der Waals surface area (Å²) in [5, 5.41) is 12.1. The van der Waals surface area contributed by atoms with Crippen LogP contribution < -0.4 is 9.62 Å². The van der Waals surface area contributed by atoms with E-state index in [0.717, 1.165) is 36.2 Å². The maximum atomic E-state index is 12.2. The second-order valence-corrected chi connectivity index (χ2v) is 7.71. The molecular formula is C16H21N3O3S. The average Bonchev–Trinajstić information content (AvgIpc) is 2.52. The number of carbonyl (C=O) groups is 1. The number of para-hydroxylation sites is 1. The van der Waals surface area contributed by atoms with Crippen LogP contribution in [0, 0.1) is 11.3 Å². The van der Waals surface area contributed by atoms with Crippen molar-refractivity contribution in [2.24, 2.45) is 0 Å². The third-order valence-corrected chi connectivity index (χ3v) is 5.08. The van der Waals surface area contributed by atoms with Crippen molar-refractivity contribution in [1.82, 2.24) is 5.32 Å². The molecule has 124 valence electrons. The van der Waals surface area contributed by atoms with Crippen LogP contribution in [0.5, 0.6) is 0 Å². The lowest BCUT2D eigenvalue weighted by Gasteiger charge is -2.26. The predicted molar refractivity (Wildman–Crippen MR) is 88.4 cm³/mol. The fraction of sp³-hybridized carbons (Fsp3) is 0.500. The van der Waals surface area contributed by atoms with Crippen LogP contribution in [0.1, 0.15) is 37.7 Å². The van der Waals surface area contributed by atoms with Crippen LogP contribution in [0.4, 0.5) is 5.69 Å². The lowest BCUT2D eigenvalue weighted by atomic mass is 9.95. The first-order valence-corrected chi connectivity index (χ1v) is 9.53. The van der Waals surface area contributed by atoms with Gasteiger partial charge in [0.2, 0.25) is 15.9 Å². The molecule has 1 aromatic carbocycles. The van der Waals surface area contributed by atoms with Crippen LogP contribution in [-0.4, -0.2) is 33.2 Å². The van der Waals surface area contributed by atoms with Crippen LogP contribution in [0.15, 0.2) is 24.3 Å². The summed E-state index contributed by atoms with van der Waals surface area (Å²) in [6.45, 7) is -0.311. The van der Waals surface area contributed by atoms with Gasteiger partial charge in [-0.2, -0.15) is 5.26 Å². The van der Waals surface area contributed by atoms with E-state index in [4.69, 9.17) is 5.26 Å². The fourth-order valence-corrected chi connectivity index (χ4v) is 3.69. The van der Waals surface area contributed by atoms with Crippen LogP contribution in [0.25, 0.3) is 0 Å². The number of carbonyl (C=O) groups excluding carboxylic acids is 1. The summed E-state index contributed by atoms with van der Waals surface area (Å²) >= 11 is 0. The molecule has 1 amide bonds. The molecule has 0 atom stereocenters. The molecule has 23 heavy (non-hydrogen) atoms. The highest BCUT2D eigenvalue weighted by molar-refractivity contribution is 7.92. The number of hydrogen-bond acceptors (Lipinski definition) is 4. The van der Waals surface area contributed by atoms with Crippen LogP contribution >= 0.6 is 0 Å². The Morgan fingerprint density at radius 3 is 2.57 bits per heavy atom. The van der Waals surface area contributed by atoms with Crippen LogP contribution in [0.2, 0.25) is 0 Å². The Bertz CT molecular complexity index is 704. The molecule has 0 aliphatic heterocycles. The third-order valence-electron chi connectivity index (χ3n) is 3.95. The largest absolute Gasteiger partial charge is 0.352 e. The Hall–Kier alpha value is -2.07. The number of anilines is 1. The van der Waals surface area contributed by atoms with Crippen molar-refractivity contribution in [3.05, 3.63) is 29.8 Å². The fourth-order valence-electron chi connectivity index (χ4n) is 2.82. The van der Waals surface area contributed by atoms with Gasteiger partial charge in [-0.1, -0.05) is 31.4 Å². The SMILES string of the molecule is CS(=O)(=O)N(CC(=O)NC1CCCCC1)c1ccccc1C#N. The first-order chi connectivity index (χ1) is 10.9. The molecule has 0 bridgehead atoms. The molecule has 0 unspecified atom stereocenters. The van der Waals surface area contributed by atoms with Crippen molar-refractivity contribution in [2.75, 3.05) is 17.1 Å². The number of nitrogens with one attached hydrogen (secondary N) is 1. The predicted octanol–water partition coefficient (Wildman–Crippen LogP) is 1.77. The number of rotatable bonds is 5. The van der Waals surface area contributed by atoms with Gasteiger partial charge in [0.25, 0.3) is 0 Å². The Kier molecular flexibility index (Phi) is 5.61. The smallest absolute Gasteiger partial charge is 0.240 e. The number of hydrogen-bond donors (Lipinski definition) is 1. The number of sulfonamides is 1. The van der Waals surface area contributed by atoms with E-state index in [-0.39, 0.29) is 29.7 Å². The lowest BCUT2D eigenvalue weighted by molar-refractivity contribution is -0.120. The zero-order valence-corrected chi connectivity index (χ0v) is 14.0. The molecule has 1 N–H and O–H groups in total. The van der Waals surface area contributed by atoms with E-state index >= 15 is 0 Å². The summed E-state index contributed by atoms with van der Waals surface area (Å²) in [7, 11) is -3.67. The molecule has 0 radical (unpaired) electrons. The molecule has 2 rings (SSSR count). The molecule has 0 aromatic heterocycles. The van der Waals surface area contributed by atoms with E-state index in [2.05, 4.69) is 5.32 Å². The molecule has 6 nitrogen and oxygen atoms in total. The van der Waals surface area contributed by atoms with Gasteiger partial charge in [-0.3, -0.25) is 9.10 Å². The number of nitrogens with zero attached hydrogens (tertiary/aromatic N) is 2. The molecule has 7 heteroatoms. The highest BCUT2D eigenvalue weighted by Crippen LogP contribution is 2.22. The summed E-state index contributed by atoms with van der Waals surface area (Å²) in [5.41, 5.74) is 0.458. The lowest BCUT2D eigenvalue weighted by Crippen LogP contribution is -2.44. The van der Waals surface area contributed by atoms with E-state index in [1.807, 2.05) is 6.07 Å². The summed E-state index contributed by atoms with van der Waals surface area (Å²) in [6.07, 6.45) is 6.24. The molecule has 0 heterocycles. The Labute approximate surface area is 137 Å². The summed E-state index contributed by atoms with van der Waals surface area (Å²) in [6, 6.07) is 8.45. The standard InChI is InChI=1S/C16H21N3O3S/c1-23(21,22)19(15-10-6-5-7-13(15)11-17)12-16(20)18-14-8-3-2-4-9-14/h5-7,10,14H,2-4,8-9,12H2,1H3,(H,18,20). The van der Waals surface area contributed by atoms with Crippen LogP contribution in [0.3, 0.4) is 0 Å². The van der Waals surface area contributed by atoms with Gasteiger partial charge in [0.05, 0.1) is 17.5 Å². The van der Waals surface area contributed by atoms with Crippen molar-refractivity contribution in [1.29, 1.82) is 5.26 Å². The van der Waals surface area contributed by atoms with E-state index in [1.165, 1.54) is 18.6 Å². The van der Waals surface area contributed by atoms with Crippen molar-refractivity contribution >= 4 is 21.6 Å². The minimum atomic E-state index is -3.67. The quantitative estimate of drug-likeness (QED) is 0.888. The second kappa shape index (κ2) is 7.47. The Morgan fingerprint density at radius 1 is 1.30 bits per heavy atom. The summed E-state index contributed by atoms with van der Waals surface area (Å²) in [5.74, 6) is -0.338. The van der Waals surface area contributed by atoms with Gasteiger partial charge in [0.1, 0.15) is 12.6 Å². The molecule has 0 saturated heterocycles. The zero-order valence-electron chi connectivity index (χ0n) is 13.2. The van der Waals surface area contributed by atoms with Crippen molar-refractivity contribution < 1.29 is 13.2 Å². The number of benzene rings is 1. The van der Waals surface area contributed by atoms with Gasteiger partial charge >= 0.3 is 0 Å². The molecular weight excluding hydrogens is 314 g/mol. The van der Waals surface area contributed by atoms with Crippen molar-refractivity contribution in [3.8, 4) is 6.07 Å². The van der Waals surface area contributed by atoms with Crippen molar-refractivity contribution in [2.45, 2.75) is 38.1 Å². The maximum Gasteiger partial charge on any atom is 0.240 e. The van der Waals surface area contributed by atoms with Crippen LogP contribution in [-0.2, 0) is 14.8 Å². The van der Waals surface area contributed by atoms with Gasteiger partial charge in [-0.15, -0.1) is 0 Å². The minimum Gasteiger partial charge on any atom is -0.352 e. The van der Waals surface area contributed by atoms with Gasteiger partial charge in [0.15, 0.2) is 0 Å². The van der Waals surface area contributed by atoms with Gasteiger partial charge in [-0.05, 0) is 25.0 Å². The monoisotopic (exact) mass is 335 g/mol. The first-order valence-electron chi connectivity index (χ1n) is 7.68. The van der Waals surface area contributed by atoms with E-state index in [1.54, 1.807) is 12.1 Å². The summed E-state index contributed by atoms with van der Waals surface area (Å²) < 4.78 is 25.1. The Balaban J connectivity index is 2.16. The second-order valence-electron chi connectivity index (χ2n) is 5.80. The van der Waals surface area contributed by atoms with Gasteiger partial charge in [-0.25, -0.2) is 8.42 Å². The average molecular weight is 335 g/mol. The van der Waals surface area contributed by atoms with E-state index in [9.17, 15) is 13.2 Å². The third kappa shape index (κ3) is 4.70. The number of amides is 1. The van der Waals surface area contributed by atoms with E-state index < -0.39 is 10.0 Å². The molecule has 1 fully saturated rings. The zero-order chi connectivity index (χ0) is 16.9. The van der Waals surface area contributed by atoms with E-state index in [0.29, 0.717) is 0 Å². The topological polar surface area (TPSA) is 90.3 Å².